The molecule has 0 spiro atoms. The van der Waals surface area contributed by atoms with E-state index in [1.54, 1.807) is 0 Å². The van der Waals surface area contributed by atoms with E-state index < -0.39 is 0 Å². The Labute approximate surface area is 130 Å². The molecule has 3 heteroatoms. The summed E-state index contributed by atoms with van der Waals surface area (Å²) < 4.78 is 0. The highest BCUT2D eigenvalue weighted by Gasteiger charge is 2.34. The van der Waals surface area contributed by atoms with Crippen molar-refractivity contribution in [2.24, 2.45) is 17.6 Å². The Bertz CT molecular complexity index is 310. The SMILES string of the molecule is CCCCC1CCC(C(=O)N2CCCC2CCCN)CC1. The van der Waals surface area contributed by atoms with Crippen LogP contribution in [0.4, 0.5) is 0 Å². The van der Waals surface area contributed by atoms with Gasteiger partial charge in [-0.1, -0.05) is 26.2 Å². The van der Waals surface area contributed by atoms with E-state index >= 15 is 0 Å². The number of nitrogens with zero attached hydrogens (tertiary/aromatic N) is 1. The van der Waals surface area contributed by atoms with Crippen LogP contribution in [0.5, 0.6) is 0 Å². The molecule has 1 amide bonds. The molecule has 122 valence electrons. The summed E-state index contributed by atoms with van der Waals surface area (Å²) in [5.41, 5.74) is 5.62. The molecular weight excluding hydrogens is 260 g/mol. The Morgan fingerprint density at radius 3 is 2.52 bits per heavy atom. The number of nitrogens with two attached hydrogens (primary N) is 1. The van der Waals surface area contributed by atoms with Crippen molar-refractivity contribution in [3.05, 3.63) is 0 Å². The molecule has 0 bridgehead atoms. The number of rotatable bonds is 7. The van der Waals surface area contributed by atoms with Crippen LogP contribution >= 0.6 is 0 Å². The van der Waals surface area contributed by atoms with Gasteiger partial charge in [-0.15, -0.1) is 0 Å². The van der Waals surface area contributed by atoms with Gasteiger partial charge in [0.2, 0.25) is 5.91 Å². The van der Waals surface area contributed by atoms with Crippen LogP contribution in [0.2, 0.25) is 0 Å². The summed E-state index contributed by atoms with van der Waals surface area (Å²) >= 11 is 0. The number of hydrogen-bond donors (Lipinski definition) is 1. The van der Waals surface area contributed by atoms with Gasteiger partial charge in [-0.25, -0.2) is 0 Å². The predicted molar refractivity (Wildman–Crippen MR) is 88.0 cm³/mol. The Balaban J connectivity index is 1.78. The van der Waals surface area contributed by atoms with Crippen LogP contribution in [-0.4, -0.2) is 29.9 Å². The maximum Gasteiger partial charge on any atom is 0.225 e. The number of hydrogen-bond acceptors (Lipinski definition) is 2. The molecule has 1 atom stereocenters. The lowest BCUT2D eigenvalue weighted by Crippen LogP contribution is -2.41. The van der Waals surface area contributed by atoms with Crippen molar-refractivity contribution in [2.75, 3.05) is 13.1 Å². The van der Waals surface area contributed by atoms with Crippen molar-refractivity contribution >= 4 is 5.91 Å². The van der Waals surface area contributed by atoms with Gasteiger partial charge in [0, 0.05) is 18.5 Å². The summed E-state index contributed by atoms with van der Waals surface area (Å²) in [6, 6.07) is 0.485. The fraction of sp³-hybridized carbons (Fsp3) is 0.944. The molecule has 2 N–H and O–H groups in total. The first-order valence-corrected chi connectivity index (χ1v) is 9.26. The molecule has 0 aromatic heterocycles. The zero-order chi connectivity index (χ0) is 15.1. The maximum absolute atomic E-state index is 12.8. The lowest BCUT2D eigenvalue weighted by molar-refractivity contribution is -0.137. The molecule has 0 aromatic carbocycles. The van der Waals surface area contributed by atoms with Crippen molar-refractivity contribution in [1.29, 1.82) is 0 Å². The largest absolute Gasteiger partial charge is 0.339 e. The third-order valence-electron chi connectivity index (χ3n) is 5.56. The first kappa shape index (κ1) is 16.8. The molecule has 1 aliphatic heterocycles. The molecule has 2 fully saturated rings. The molecule has 1 aliphatic carbocycles. The quantitative estimate of drug-likeness (QED) is 0.778. The molecule has 0 aromatic rings. The van der Waals surface area contributed by atoms with Crippen LogP contribution < -0.4 is 5.73 Å². The van der Waals surface area contributed by atoms with Crippen molar-refractivity contribution in [1.82, 2.24) is 4.90 Å². The predicted octanol–water partition coefficient (Wildman–Crippen LogP) is 3.71. The second-order valence-electron chi connectivity index (χ2n) is 7.12. The van der Waals surface area contributed by atoms with E-state index in [9.17, 15) is 4.79 Å². The maximum atomic E-state index is 12.8. The van der Waals surface area contributed by atoms with Gasteiger partial charge < -0.3 is 10.6 Å². The summed E-state index contributed by atoms with van der Waals surface area (Å²) in [5, 5.41) is 0. The average Bonchev–Trinajstić information content (AvgIpc) is 2.99. The molecule has 3 nitrogen and oxygen atoms in total. The van der Waals surface area contributed by atoms with E-state index in [-0.39, 0.29) is 0 Å². The van der Waals surface area contributed by atoms with Gasteiger partial charge in [0.15, 0.2) is 0 Å². The van der Waals surface area contributed by atoms with E-state index in [0.717, 1.165) is 44.7 Å². The fourth-order valence-corrected chi connectivity index (χ4v) is 4.20. The van der Waals surface area contributed by atoms with Gasteiger partial charge in [-0.05, 0) is 63.8 Å². The van der Waals surface area contributed by atoms with Gasteiger partial charge in [-0.3, -0.25) is 4.79 Å². The zero-order valence-corrected chi connectivity index (χ0v) is 13.9. The second-order valence-corrected chi connectivity index (χ2v) is 7.12. The Hall–Kier alpha value is -0.570. The first-order chi connectivity index (χ1) is 10.3. The topological polar surface area (TPSA) is 46.3 Å². The van der Waals surface area contributed by atoms with Gasteiger partial charge in [0.25, 0.3) is 0 Å². The van der Waals surface area contributed by atoms with E-state index in [1.807, 2.05) is 0 Å². The smallest absolute Gasteiger partial charge is 0.225 e. The minimum Gasteiger partial charge on any atom is -0.339 e. The van der Waals surface area contributed by atoms with E-state index in [4.69, 9.17) is 5.73 Å². The highest BCUT2D eigenvalue weighted by molar-refractivity contribution is 5.79. The summed E-state index contributed by atoms with van der Waals surface area (Å²) in [7, 11) is 0. The molecule has 0 radical (unpaired) electrons. The van der Waals surface area contributed by atoms with Crippen LogP contribution in [0.25, 0.3) is 0 Å². The van der Waals surface area contributed by atoms with Gasteiger partial charge in [-0.2, -0.15) is 0 Å². The number of carbonyl (C=O) groups is 1. The minimum absolute atomic E-state index is 0.321. The van der Waals surface area contributed by atoms with Crippen molar-refractivity contribution in [3.8, 4) is 0 Å². The molecule has 1 unspecified atom stereocenters. The van der Waals surface area contributed by atoms with E-state index in [1.165, 1.54) is 44.9 Å². The monoisotopic (exact) mass is 294 g/mol. The third kappa shape index (κ3) is 4.70. The standard InChI is InChI=1S/C18H34N2O/c1-2-3-6-15-9-11-16(12-10-15)18(21)20-14-5-8-17(20)7-4-13-19/h15-17H,2-14,19H2,1H3. The lowest BCUT2D eigenvalue weighted by atomic mass is 9.79. The summed E-state index contributed by atoms with van der Waals surface area (Å²) in [6.07, 6.45) is 13.4. The Kier molecular flexibility index (Phi) is 7.01. The van der Waals surface area contributed by atoms with Gasteiger partial charge in [0.05, 0.1) is 0 Å². The van der Waals surface area contributed by atoms with Crippen molar-refractivity contribution < 1.29 is 4.79 Å². The number of unbranched alkanes of at least 4 members (excludes halogenated alkanes) is 1. The molecular formula is C18H34N2O. The average molecular weight is 294 g/mol. The van der Waals surface area contributed by atoms with Crippen molar-refractivity contribution in [3.63, 3.8) is 0 Å². The number of amides is 1. The lowest BCUT2D eigenvalue weighted by Gasteiger charge is -2.33. The summed E-state index contributed by atoms with van der Waals surface area (Å²) in [5.74, 6) is 1.67. The van der Waals surface area contributed by atoms with Crippen LogP contribution in [-0.2, 0) is 4.79 Å². The second kappa shape index (κ2) is 8.77. The van der Waals surface area contributed by atoms with E-state index in [0.29, 0.717) is 17.9 Å². The van der Waals surface area contributed by atoms with Crippen LogP contribution in [0, 0.1) is 11.8 Å². The van der Waals surface area contributed by atoms with Crippen LogP contribution in [0.3, 0.4) is 0 Å². The minimum atomic E-state index is 0.321. The van der Waals surface area contributed by atoms with Crippen LogP contribution in [0.1, 0.15) is 77.6 Å². The summed E-state index contributed by atoms with van der Waals surface area (Å²) in [4.78, 5) is 15.0. The van der Waals surface area contributed by atoms with Crippen LogP contribution in [0.15, 0.2) is 0 Å². The fourth-order valence-electron chi connectivity index (χ4n) is 4.20. The molecule has 1 saturated carbocycles. The Morgan fingerprint density at radius 1 is 1.10 bits per heavy atom. The van der Waals surface area contributed by atoms with Crippen molar-refractivity contribution in [2.45, 2.75) is 83.6 Å². The molecule has 21 heavy (non-hydrogen) atoms. The molecule has 1 heterocycles. The molecule has 2 rings (SSSR count). The Morgan fingerprint density at radius 2 is 1.86 bits per heavy atom. The number of carbonyl (C=O) groups excluding carboxylic acids is 1. The normalized spacial score (nSPS) is 29.8. The summed E-state index contributed by atoms with van der Waals surface area (Å²) in [6.45, 7) is 4.01. The van der Waals surface area contributed by atoms with Gasteiger partial charge >= 0.3 is 0 Å². The molecule has 1 saturated heterocycles. The van der Waals surface area contributed by atoms with Gasteiger partial charge in [0.1, 0.15) is 0 Å². The molecule has 2 aliphatic rings. The highest BCUT2D eigenvalue weighted by atomic mass is 16.2. The third-order valence-corrected chi connectivity index (χ3v) is 5.56. The first-order valence-electron chi connectivity index (χ1n) is 9.26. The highest BCUT2D eigenvalue weighted by Crippen LogP contribution is 2.34. The number of likely N-dealkylation sites (tertiary alicyclic amines) is 1. The van der Waals surface area contributed by atoms with E-state index in [2.05, 4.69) is 11.8 Å². The zero-order valence-electron chi connectivity index (χ0n) is 13.9.